The second kappa shape index (κ2) is 9.63. The predicted molar refractivity (Wildman–Crippen MR) is 144 cm³/mol. The van der Waals surface area contributed by atoms with E-state index in [-0.39, 0.29) is 0 Å². The highest BCUT2D eigenvalue weighted by Gasteiger charge is 2.18. The van der Waals surface area contributed by atoms with Crippen LogP contribution in [-0.2, 0) is 11.5 Å². The number of thioether (sulfide) groups is 2. The molecule has 33 heavy (non-hydrogen) atoms. The van der Waals surface area contributed by atoms with Gasteiger partial charge >= 0.3 is 0 Å². The van der Waals surface area contributed by atoms with Crippen LogP contribution < -0.4 is 0 Å². The van der Waals surface area contributed by atoms with Crippen LogP contribution in [0, 0.1) is 20.8 Å². The van der Waals surface area contributed by atoms with Crippen LogP contribution >= 0.6 is 46.5 Å². The molecule has 0 bridgehead atoms. The van der Waals surface area contributed by atoms with Crippen molar-refractivity contribution in [3.63, 3.8) is 0 Å². The standard InChI is InChI=1S/C26H22ClN3S3/c1-15-4-6-18(7-5-15)14-32-26-29-22-21-16(2)12-17(3)28-24(21)33-23(22)25(30-26)31-13-19-8-10-20(27)11-9-19/h4-12H,13-14H2,1-3H3. The molecular weight excluding hydrogens is 486 g/mol. The zero-order valence-electron chi connectivity index (χ0n) is 18.6. The molecule has 0 saturated carbocycles. The monoisotopic (exact) mass is 507 g/mol. The lowest BCUT2D eigenvalue weighted by Gasteiger charge is -2.07. The maximum Gasteiger partial charge on any atom is 0.189 e. The van der Waals surface area contributed by atoms with E-state index in [1.165, 1.54) is 22.3 Å². The van der Waals surface area contributed by atoms with Crippen molar-refractivity contribution in [2.45, 2.75) is 42.5 Å². The largest absolute Gasteiger partial charge is 0.242 e. The number of fused-ring (bicyclic) bond motifs is 3. The number of benzene rings is 2. The van der Waals surface area contributed by atoms with Gasteiger partial charge in [0.25, 0.3) is 0 Å². The number of hydrogen-bond donors (Lipinski definition) is 0. The number of halogens is 1. The molecule has 3 nitrogen and oxygen atoms in total. The topological polar surface area (TPSA) is 38.7 Å². The fraction of sp³-hybridized carbons (Fsp3) is 0.192. The summed E-state index contributed by atoms with van der Waals surface area (Å²) in [5, 5.41) is 3.72. The third-order valence-electron chi connectivity index (χ3n) is 5.34. The van der Waals surface area contributed by atoms with Crippen molar-refractivity contribution in [1.29, 1.82) is 0 Å². The first-order valence-corrected chi connectivity index (χ1v) is 13.8. The molecule has 0 saturated heterocycles. The van der Waals surface area contributed by atoms with Crippen LogP contribution in [-0.4, -0.2) is 15.0 Å². The third kappa shape index (κ3) is 5.04. The van der Waals surface area contributed by atoms with Crippen LogP contribution in [0.4, 0.5) is 0 Å². The Labute approximate surface area is 211 Å². The molecule has 2 aromatic carbocycles. The zero-order chi connectivity index (χ0) is 22.9. The first-order valence-electron chi connectivity index (χ1n) is 10.6. The quantitative estimate of drug-likeness (QED) is 0.131. The van der Waals surface area contributed by atoms with Gasteiger partial charge in [0.2, 0.25) is 0 Å². The lowest BCUT2D eigenvalue weighted by atomic mass is 10.1. The molecule has 0 atom stereocenters. The van der Waals surface area contributed by atoms with Gasteiger partial charge in [-0.15, -0.1) is 23.1 Å². The molecule has 0 aliphatic rings. The molecule has 0 N–H and O–H groups in total. The van der Waals surface area contributed by atoms with Crippen molar-refractivity contribution in [2.75, 3.05) is 0 Å². The van der Waals surface area contributed by atoms with Crippen molar-refractivity contribution in [2.24, 2.45) is 0 Å². The van der Waals surface area contributed by atoms with E-state index in [1.54, 1.807) is 34.9 Å². The van der Waals surface area contributed by atoms with Gasteiger partial charge in [0, 0.05) is 27.6 Å². The number of hydrogen-bond acceptors (Lipinski definition) is 6. The van der Waals surface area contributed by atoms with E-state index < -0.39 is 0 Å². The Morgan fingerprint density at radius 3 is 2.21 bits per heavy atom. The maximum atomic E-state index is 6.06. The average Bonchev–Trinajstić information content (AvgIpc) is 3.16. The Hall–Kier alpha value is -2.12. The average molecular weight is 508 g/mol. The minimum absolute atomic E-state index is 0.754. The molecular formula is C26H22ClN3S3. The van der Waals surface area contributed by atoms with Crippen molar-refractivity contribution < 1.29 is 0 Å². The summed E-state index contributed by atoms with van der Waals surface area (Å²) < 4.78 is 1.12. The van der Waals surface area contributed by atoms with Crippen LogP contribution in [0.5, 0.6) is 0 Å². The molecule has 0 radical (unpaired) electrons. The van der Waals surface area contributed by atoms with E-state index in [1.807, 2.05) is 19.1 Å². The normalized spacial score (nSPS) is 11.5. The Kier molecular flexibility index (Phi) is 6.61. The van der Waals surface area contributed by atoms with Gasteiger partial charge in [-0.2, -0.15) is 0 Å². The van der Waals surface area contributed by atoms with Crippen molar-refractivity contribution in [3.8, 4) is 0 Å². The molecule has 0 unspecified atom stereocenters. The van der Waals surface area contributed by atoms with Crippen LogP contribution in [0.1, 0.15) is 27.9 Å². The molecule has 0 spiro atoms. The van der Waals surface area contributed by atoms with E-state index in [2.05, 4.69) is 56.3 Å². The summed E-state index contributed by atoms with van der Waals surface area (Å²) in [7, 11) is 0. The van der Waals surface area contributed by atoms with Crippen LogP contribution in [0.3, 0.4) is 0 Å². The number of nitrogens with zero attached hydrogens (tertiary/aromatic N) is 3. The van der Waals surface area contributed by atoms with Gasteiger partial charge in [0.05, 0.1) is 10.2 Å². The van der Waals surface area contributed by atoms with Gasteiger partial charge in [-0.1, -0.05) is 65.3 Å². The molecule has 166 valence electrons. The molecule has 5 aromatic rings. The van der Waals surface area contributed by atoms with E-state index in [9.17, 15) is 0 Å². The van der Waals surface area contributed by atoms with Gasteiger partial charge in [0.15, 0.2) is 5.16 Å². The summed E-state index contributed by atoms with van der Waals surface area (Å²) in [6.07, 6.45) is 0. The number of thiophene rings is 1. The molecule has 3 aromatic heterocycles. The smallest absolute Gasteiger partial charge is 0.189 e. The van der Waals surface area contributed by atoms with Crippen LogP contribution in [0.2, 0.25) is 5.02 Å². The number of aryl methyl sites for hydroxylation is 3. The Morgan fingerprint density at radius 2 is 1.48 bits per heavy atom. The van der Waals surface area contributed by atoms with Crippen LogP contribution in [0.25, 0.3) is 20.4 Å². The van der Waals surface area contributed by atoms with E-state index >= 15 is 0 Å². The van der Waals surface area contributed by atoms with Crippen molar-refractivity contribution >= 4 is 66.9 Å². The lowest BCUT2D eigenvalue weighted by molar-refractivity contribution is 0.936. The van der Waals surface area contributed by atoms with Crippen LogP contribution in [0.15, 0.2) is 64.8 Å². The molecule has 0 amide bonds. The number of aromatic nitrogens is 3. The molecule has 3 heterocycles. The fourth-order valence-electron chi connectivity index (χ4n) is 3.66. The summed E-state index contributed by atoms with van der Waals surface area (Å²) in [6.45, 7) is 6.30. The van der Waals surface area contributed by atoms with Gasteiger partial charge in [-0.25, -0.2) is 15.0 Å². The minimum Gasteiger partial charge on any atom is -0.242 e. The van der Waals surface area contributed by atoms with E-state index in [4.69, 9.17) is 26.6 Å². The Bertz CT molecular complexity index is 1440. The molecule has 0 fully saturated rings. The maximum absolute atomic E-state index is 6.06. The van der Waals surface area contributed by atoms with Gasteiger partial charge in [-0.05, 0) is 55.7 Å². The molecule has 5 rings (SSSR count). The predicted octanol–water partition coefficient (Wildman–Crippen LogP) is 8.40. The summed E-state index contributed by atoms with van der Waals surface area (Å²) in [4.78, 5) is 15.8. The number of pyridine rings is 1. The molecule has 0 aliphatic carbocycles. The fourth-order valence-corrected chi connectivity index (χ4v) is 6.94. The Balaban J connectivity index is 1.54. The first-order chi connectivity index (χ1) is 16.0. The van der Waals surface area contributed by atoms with E-state index in [0.717, 1.165) is 52.8 Å². The third-order valence-corrected chi connectivity index (χ3v) is 8.76. The van der Waals surface area contributed by atoms with Gasteiger partial charge in [-0.3, -0.25) is 0 Å². The van der Waals surface area contributed by atoms with Crippen molar-refractivity contribution in [1.82, 2.24) is 15.0 Å². The summed E-state index contributed by atoms with van der Waals surface area (Å²) in [5.74, 6) is 1.66. The minimum atomic E-state index is 0.754. The van der Waals surface area contributed by atoms with Gasteiger partial charge < -0.3 is 0 Å². The zero-order valence-corrected chi connectivity index (χ0v) is 21.8. The first kappa shape index (κ1) is 22.7. The number of rotatable bonds is 6. The Morgan fingerprint density at radius 1 is 0.818 bits per heavy atom. The second-order valence-electron chi connectivity index (χ2n) is 8.04. The van der Waals surface area contributed by atoms with Crippen molar-refractivity contribution in [3.05, 3.63) is 87.6 Å². The summed E-state index contributed by atoms with van der Waals surface area (Å²) in [6, 6.07) is 18.8. The summed E-state index contributed by atoms with van der Waals surface area (Å²) >= 11 is 11.2. The van der Waals surface area contributed by atoms with Gasteiger partial charge in [0.1, 0.15) is 9.86 Å². The van der Waals surface area contributed by atoms with E-state index in [0.29, 0.717) is 0 Å². The second-order valence-corrected chi connectivity index (χ2v) is 11.4. The highest BCUT2D eigenvalue weighted by Crippen LogP contribution is 2.40. The lowest BCUT2D eigenvalue weighted by Crippen LogP contribution is -1.93. The SMILES string of the molecule is Cc1ccc(CSc2nc(SCc3ccc(Cl)cc3)c3sc4nc(C)cc(C)c4c3n2)cc1. The molecule has 0 aliphatic heterocycles. The molecule has 7 heteroatoms. The highest BCUT2D eigenvalue weighted by atomic mass is 35.5. The summed E-state index contributed by atoms with van der Waals surface area (Å²) in [5.41, 5.74) is 7.02. The highest BCUT2D eigenvalue weighted by molar-refractivity contribution is 7.99.